The highest BCUT2D eigenvalue weighted by Gasteiger charge is 2.50. The summed E-state index contributed by atoms with van der Waals surface area (Å²) < 4.78 is 5.64. The van der Waals surface area contributed by atoms with E-state index in [0.717, 1.165) is 29.9 Å². The van der Waals surface area contributed by atoms with Crippen LogP contribution in [0.3, 0.4) is 0 Å². The van der Waals surface area contributed by atoms with E-state index in [1.54, 1.807) is 0 Å². The quantitative estimate of drug-likeness (QED) is 0.704. The first-order valence-electron chi connectivity index (χ1n) is 5.93. The van der Waals surface area contributed by atoms with Gasteiger partial charge in [-0.15, -0.1) is 0 Å². The lowest BCUT2D eigenvalue weighted by molar-refractivity contribution is -0.0897. The molecule has 4 saturated carbocycles. The van der Waals surface area contributed by atoms with Crippen LogP contribution >= 0.6 is 15.9 Å². The van der Waals surface area contributed by atoms with Crippen LogP contribution in [0.1, 0.15) is 38.5 Å². The minimum absolute atomic E-state index is 0.600. The highest BCUT2D eigenvalue weighted by molar-refractivity contribution is 9.09. The molecule has 0 aliphatic heterocycles. The van der Waals surface area contributed by atoms with Gasteiger partial charge in [-0.1, -0.05) is 15.9 Å². The van der Waals surface area contributed by atoms with Crippen molar-refractivity contribution in [3.8, 4) is 0 Å². The second-order valence-corrected chi connectivity index (χ2v) is 6.33. The number of hydrogen-bond donors (Lipinski definition) is 0. The molecule has 0 unspecified atom stereocenters. The topological polar surface area (TPSA) is 9.23 Å². The second kappa shape index (κ2) is 3.48. The Labute approximate surface area is 94.7 Å². The van der Waals surface area contributed by atoms with E-state index in [1.807, 2.05) is 0 Å². The molecule has 0 spiro atoms. The number of hydrogen-bond acceptors (Lipinski definition) is 1. The maximum absolute atomic E-state index is 5.64. The number of alkyl halides is 1. The van der Waals surface area contributed by atoms with Gasteiger partial charge in [-0.3, -0.25) is 0 Å². The minimum Gasteiger partial charge on any atom is -0.370 e. The van der Waals surface area contributed by atoms with E-state index < -0.39 is 0 Å². The Kier molecular flexibility index (Phi) is 2.40. The third kappa shape index (κ3) is 1.55. The van der Waals surface area contributed by atoms with Crippen molar-refractivity contribution in [2.45, 2.75) is 38.5 Å². The van der Waals surface area contributed by atoms with Crippen molar-refractivity contribution < 1.29 is 4.74 Å². The number of ether oxygens (including phenoxy) is 1. The van der Waals surface area contributed by atoms with E-state index >= 15 is 0 Å². The molecular formula is C12H19BrO. The van der Waals surface area contributed by atoms with Crippen LogP contribution in [-0.2, 0) is 4.74 Å². The van der Waals surface area contributed by atoms with Crippen molar-refractivity contribution in [3.05, 3.63) is 0 Å². The van der Waals surface area contributed by atoms with Gasteiger partial charge >= 0.3 is 0 Å². The van der Waals surface area contributed by atoms with E-state index in [9.17, 15) is 0 Å². The molecule has 0 amide bonds. The average molecular weight is 259 g/mol. The lowest BCUT2D eigenvalue weighted by Crippen LogP contribution is -2.48. The molecule has 0 aromatic heterocycles. The van der Waals surface area contributed by atoms with Crippen LogP contribution in [-0.4, -0.2) is 12.1 Å². The molecule has 4 bridgehead atoms. The molecule has 0 saturated heterocycles. The maximum atomic E-state index is 5.64. The van der Waals surface area contributed by atoms with Crippen LogP contribution in [0.25, 0.3) is 0 Å². The van der Waals surface area contributed by atoms with Crippen LogP contribution in [0.15, 0.2) is 0 Å². The molecule has 0 N–H and O–H groups in total. The Morgan fingerprint density at radius 3 is 1.93 bits per heavy atom. The third-order valence-electron chi connectivity index (χ3n) is 4.65. The molecule has 0 radical (unpaired) electrons. The van der Waals surface area contributed by atoms with Gasteiger partial charge in [0.15, 0.2) is 0 Å². The summed E-state index contributed by atoms with van der Waals surface area (Å²) in [6.07, 6.45) is 9.00. The minimum atomic E-state index is 0.600. The molecule has 0 heterocycles. The molecule has 0 aromatic carbocycles. The molecule has 1 nitrogen and oxygen atoms in total. The summed E-state index contributed by atoms with van der Waals surface area (Å²) in [4.78, 5) is 0. The largest absolute Gasteiger partial charge is 0.370 e. The van der Waals surface area contributed by atoms with E-state index in [1.165, 1.54) is 38.5 Å². The van der Waals surface area contributed by atoms with Crippen molar-refractivity contribution in [1.29, 1.82) is 0 Å². The van der Waals surface area contributed by atoms with Crippen molar-refractivity contribution >= 4 is 15.9 Å². The molecular weight excluding hydrogens is 240 g/mol. The molecule has 4 rings (SSSR count). The van der Waals surface area contributed by atoms with Gasteiger partial charge in [0.25, 0.3) is 0 Å². The summed E-state index contributed by atoms with van der Waals surface area (Å²) >= 11 is 3.37. The normalized spacial score (nSPS) is 49.9. The number of halogens is 1. The van der Waals surface area contributed by atoms with Crippen LogP contribution in [0.4, 0.5) is 0 Å². The highest BCUT2D eigenvalue weighted by Crippen LogP contribution is 2.59. The fraction of sp³-hybridized carbons (Fsp3) is 1.00. The van der Waals surface area contributed by atoms with E-state index in [-0.39, 0.29) is 0 Å². The van der Waals surface area contributed by atoms with E-state index in [0.29, 0.717) is 5.41 Å². The SMILES string of the molecule is BrCOCC12CC3CC(CC(C3)C1)C2. The van der Waals surface area contributed by atoms with Gasteiger partial charge in [0.05, 0.1) is 6.61 Å². The van der Waals surface area contributed by atoms with Gasteiger partial charge < -0.3 is 4.74 Å². The maximum Gasteiger partial charge on any atom is 0.102 e. The fourth-order valence-electron chi connectivity index (χ4n) is 4.72. The monoisotopic (exact) mass is 258 g/mol. The standard InChI is InChI=1S/C12H19BrO/c13-8-14-7-12-4-9-1-10(5-12)3-11(2-9)6-12/h9-11H,1-8H2. The first-order valence-corrected chi connectivity index (χ1v) is 7.05. The van der Waals surface area contributed by atoms with Crippen molar-refractivity contribution in [2.75, 3.05) is 12.1 Å². The second-order valence-electron chi connectivity index (χ2n) is 5.88. The van der Waals surface area contributed by atoms with Gasteiger partial charge in [0.1, 0.15) is 5.52 Å². The third-order valence-corrected chi connectivity index (χ3v) is 4.97. The molecule has 0 aromatic rings. The van der Waals surface area contributed by atoms with Gasteiger partial charge in [0, 0.05) is 0 Å². The lowest BCUT2D eigenvalue weighted by atomic mass is 9.50. The lowest BCUT2D eigenvalue weighted by Gasteiger charge is -2.56. The first kappa shape index (κ1) is 9.65. The molecule has 4 fully saturated rings. The summed E-state index contributed by atoms with van der Waals surface area (Å²) in [5.41, 5.74) is 1.32. The summed E-state index contributed by atoms with van der Waals surface area (Å²) in [6, 6.07) is 0. The van der Waals surface area contributed by atoms with E-state index in [2.05, 4.69) is 15.9 Å². The van der Waals surface area contributed by atoms with Gasteiger partial charge in [-0.2, -0.15) is 0 Å². The first-order chi connectivity index (χ1) is 6.80. The fourth-order valence-corrected chi connectivity index (χ4v) is 4.88. The highest BCUT2D eigenvalue weighted by atomic mass is 79.9. The summed E-state index contributed by atoms with van der Waals surface area (Å²) in [7, 11) is 0. The molecule has 4 aliphatic carbocycles. The average Bonchev–Trinajstić information content (AvgIpc) is 2.12. The Morgan fingerprint density at radius 2 is 1.50 bits per heavy atom. The molecule has 0 atom stereocenters. The predicted octanol–water partition coefficient (Wildman–Crippen LogP) is 3.57. The van der Waals surface area contributed by atoms with Crippen LogP contribution in [0.5, 0.6) is 0 Å². The zero-order chi connectivity index (χ0) is 9.60. The van der Waals surface area contributed by atoms with Crippen LogP contribution in [0.2, 0.25) is 0 Å². The molecule has 80 valence electrons. The smallest absolute Gasteiger partial charge is 0.102 e. The Balaban J connectivity index is 1.74. The summed E-state index contributed by atoms with van der Waals surface area (Å²) in [6.45, 7) is 1.02. The Morgan fingerprint density at radius 1 is 1.00 bits per heavy atom. The zero-order valence-corrected chi connectivity index (χ0v) is 10.3. The van der Waals surface area contributed by atoms with Crippen molar-refractivity contribution in [2.24, 2.45) is 23.2 Å². The van der Waals surface area contributed by atoms with Gasteiger partial charge in [0.2, 0.25) is 0 Å². The zero-order valence-electron chi connectivity index (χ0n) is 8.68. The molecule has 14 heavy (non-hydrogen) atoms. The summed E-state index contributed by atoms with van der Waals surface area (Å²) in [5, 5.41) is 0. The molecule has 2 heteroatoms. The van der Waals surface area contributed by atoms with E-state index in [4.69, 9.17) is 4.74 Å². The van der Waals surface area contributed by atoms with Crippen molar-refractivity contribution in [1.82, 2.24) is 0 Å². The Bertz CT molecular complexity index is 191. The van der Waals surface area contributed by atoms with Crippen molar-refractivity contribution in [3.63, 3.8) is 0 Å². The van der Waals surface area contributed by atoms with Gasteiger partial charge in [-0.05, 0) is 61.7 Å². The predicted molar refractivity (Wildman–Crippen MR) is 60.4 cm³/mol. The van der Waals surface area contributed by atoms with Gasteiger partial charge in [-0.25, -0.2) is 0 Å². The van der Waals surface area contributed by atoms with Crippen LogP contribution in [0, 0.1) is 23.2 Å². The van der Waals surface area contributed by atoms with Crippen LogP contribution < -0.4 is 0 Å². The molecule has 4 aliphatic rings. The Hall–Kier alpha value is 0.440. The number of rotatable bonds is 3. The summed E-state index contributed by atoms with van der Waals surface area (Å²) in [5.74, 6) is 3.17.